The smallest absolute Gasteiger partial charge is 0.258 e. The first-order valence-corrected chi connectivity index (χ1v) is 10.8. The van der Waals surface area contributed by atoms with Gasteiger partial charge in [0.25, 0.3) is 5.91 Å². The van der Waals surface area contributed by atoms with Crippen LogP contribution < -0.4 is 20.7 Å². The minimum Gasteiger partial charge on any atom is -0.484 e. The van der Waals surface area contributed by atoms with Crippen LogP contribution in [0.15, 0.2) is 53.5 Å². The van der Waals surface area contributed by atoms with Crippen LogP contribution in [0.25, 0.3) is 0 Å². The summed E-state index contributed by atoms with van der Waals surface area (Å²) in [5.41, 5.74) is 2.20. The van der Waals surface area contributed by atoms with Gasteiger partial charge in [0.2, 0.25) is 0 Å². The molecule has 1 aliphatic rings. The maximum atomic E-state index is 11.8. The van der Waals surface area contributed by atoms with Gasteiger partial charge in [-0.1, -0.05) is 35.9 Å². The number of nitrogens with zero attached hydrogens (tertiary/aromatic N) is 1. The van der Waals surface area contributed by atoms with Crippen LogP contribution in [0.5, 0.6) is 5.75 Å². The Kier molecular flexibility index (Phi) is 8.39. The summed E-state index contributed by atoms with van der Waals surface area (Å²) >= 11 is 6.04. The standard InChI is InChI=1S/C23H29ClN4O2/c1-2-25-23(26-12-11-17-5-3-7-19(24)13-17)27-15-18-6-4-8-21(14-18)30-16-22(29)28-20-9-10-20/h3-8,13-14,20H,2,9-12,15-16H2,1H3,(H,28,29)(H2,25,26,27). The first-order valence-electron chi connectivity index (χ1n) is 10.4. The highest BCUT2D eigenvalue weighted by Crippen LogP contribution is 2.18. The zero-order chi connectivity index (χ0) is 21.2. The normalized spacial score (nSPS) is 13.6. The second-order valence-electron chi connectivity index (χ2n) is 7.28. The molecular weight excluding hydrogens is 400 g/mol. The third-order valence-corrected chi connectivity index (χ3v) is 4.81. The van der Waals surface area contributed by atoms with E-state index in [2.05, 4.69) is 27.0 Å². The highest BCUT2D eigenvalue weighted by Gasteiger charge is 2.23. The second kappa shape index (κ2) is 11.5. The Balaban J connectivity index is 1.48. The first-order chi connectivity index (χ1) is 14.6. The van der Waals surface area contributed by atoms with E-state index in [0.717, 1.165) is 48.9 Å². The van der Waals surface area contributed by atoms with Crippen LogP contribution in [0.4, 0.5) is 0 Å². The van der Waals surface area contributed by atoms with Crippen LogP contribution in [0.3, 0.4) is 0 Å². The molecule has 1 aliphatic carbocycles. The Morgan fingerprint density at radius 2 is 1.93 bits per heavy atom. The van der Waals surface area contributed by atoms with Gasteiger partial charge in [-0.2, -0.15) is 0 Å². The van der Waals surface area contributed by atoms with E-state index in [1.807, 2.05) is 49.4 Å². The maximum Gasteiger partial charge on any atom is 0.258 e. The number of rotatable bonds is 10. The van der Waals surface area contributed by atoms with E-state index in [4.69, 9.17) is 16.3 Å². The molecule has 0 heterocycles. The van der Waals surface area contributed by atoms with Gasteiger partial charge in [-0.25, -0.2) is 4.99 Å². The molecule has 30 heavy (non-hydrogen) atoms. The molecule has 0 aromatic heterocycles. The van der Waals surface area contributed by atoms with Gasteiger partial charge in [-0.05, 0) is 61.6 Å². The molecule has 6 nitrogen and oxygen atoms in total. The molecule has 7 heteroatoms. The van der Waals surface area contributed by atoms with Crippen molar-refractivity contribution in [2.24, 2.45) is 4.99 Å². The summed E-state index contributed by atoms with van der Waals surface area (Å²) in [4.78, 5) is 16.4. The monoisotopic (exact) mass is 428 g/mol. The van der Waals surface area contributed by atoms with Crippen molar-refractivity contribution in [3.63, 3.8) is 0 Å². The molecule has 1 fully saturated rings. The Labute approximate surface area is 183 Å². The summed E-state index contributed by atoms with van der Waals surface area (Å²) in [6.07, 6.45) is 3.00. The number of hydrogen-bond acceptors (Lipinski definition) is 3. The van der Waals surface area contributed by atoms with Crippen LogP contribution in [0.1, 0.15) is 30.9 Å². The van der Waals surface area contributed by atoms with Gasteiger partial charge in [0.1, 0.15) is 5.75 Å². The topological polar surface area (TPSA) is 74.8 Å². The molecule has 0 radical (unpaired) electrons. The number of carbonyl (C=O) groups is 1. The van der Waals surface area contributed by atoms with E-state index in [0.29, 0.717) is 18.3 Å². The van der Waals surface area contributed by atoms with Crippen LogP contribution in [0.2, 0.25) is 5.02 Å². The Bertz CT molecular complexity index is 868. The van der Waals surface area contributed by atoms with E-state index < -0.39 is 0 Å². The summed E-state index contributed by atoms with van der Waals surface area (Å²) in [7, 11) is 0. The predicted octanol–water partition coefficient (Wildman–Crippen LogP) is 3.30. The molecule has 0 unspecified atom stereocenters. The van der Waals surface area contributed by atoms with Crippen molar-refractivity contribution in [1.29, 1.82) is 0 Å². The molecule has 0 aliphatic heterocycles. The quantitative estimate of drug-likeness (QED) is 0.401. The highest BCUT2D eigenvalue weighted by atomic mass is 35.5. The molecule has 3 rings (SSSR count). The molecule has 2 aromatic rings. The van der Waals surface area contributed by atoms with Crippen LogP contribution in [-0.4, -0.2) is 37.6 Å². The fourth-order valence-electron chi connectivity index (χ4n) is 2.91. The van der Waals surface area contributed by atoms with Crippen LogP contribution >= 0.6 is 11.6 Å². The van der Waals surface area contributed by atoms with Gasteiger partial charge >= 0.3 is 0 Å². The zero-order valence-corrected chi connectivity index (χ0v) is 18.0. The lowest BCUT2D eigenvalue weighted by Gasteiger charge is -2.12. The lowest BCUT2D eigenvalue weighted by atomic mass is 10.1. The summed E-state index contributed by atoms with van der Waals surface area (Å²) in [6, 6.07) is 15.9. The fraction of sp³-hybridized carbons (Fsp3) is 0.391. The van der Waals surface area contributed by atoms with Crippen molar-refractivity contribution in [3.05, 3.63) is 64.7 Å². The van der Waals surface area contributed by atoms with Crippen molar-refractivity contribution in [2.75, 3.05) is 19.7 Å². The number of ether oxygens (including phenoxy) is 1. The van der Waals surface area contributed by atoms with Crippen molar-refractivity contribution in [2.45, 2.75) is 38.8 Å². The van der Waals surface area contributed by atoms with E-state index in [1.165, 1.54) is 5.56 Å². The molecular formula is C23H29ClN4O2. The number of amides is 1. The van der Waals surface area contributed by atoms with E-state index in [-0.39, 0.29) is 12.5 Å². The number of aliphatic imine (C=N–C) groups is 1. The number of carbonyl (C=O) groups excluding carboxylic acids is 1. The Morgan fingerprint density at radius 3 is 2.70 bits per heavy atom. The van der Waals surface area contributed by atoms with E-state index >= 15 is 0 Å². The first kappa shape index (κ1) is 22.0. The number of nitrogens with one attached hydrogen (secondary N) is 3. The average Bonchev–Trinajstić information content (AvgIpc) is 3.55. The number of hydrogen-bond donors (Lipinski definition) is 3. The van der Waals surface area contributed by atoms with Crippen molar-refractivity contribution >= 4 is 23.5 Å². The van der Waals surface area contributed by atoms with Gasteiger partial charge in [0.05, 0.1) is 6.54 Å². The molecule has 1 amide bonds. The second-order valence-corrected chi connectivity index (χ2v) is 7.72. The number of halogens is 1. The maximum absolute atomic E-state index is 11.8. The van der Waals surface area contributed by atoms with E-state index in [9.17, 15) is 4.79 Å². The van der Waals surface area contributed by atoms with Crippen molar-refractivity contribution < 1.29 is 9.53 Å². The van der Waals surface area contributed by atoms with E-state index in [1.54, 1.807) is 0 Å². The SMILES string of the molecule is CCNC(=NCc1cccc(OCC(=O)NC2CC2)c1)NCCc1cccc(Cl)c1. The van der Waals surface area contributed by atoms with Gasteiger partial charge in [-0.15, -0.1) is 0 Å². The minimum absolute atomic E-state index is 0.0386. The third-order valence-electron chi connectivity index (χ3n) is 4.57. The average molecular weight is 429 g/mol. The molecule has 0 bridgehead atoms. The fourth-order valence-corrected chi connectivity index (χ4v) is 3.12. The van der Waals surface area contributed by atoms with Gasteiger partial charge in [0, 0.05) is 24.2 Å². The third kappa shape index (κ3) is 7.95. The minimum atomic E-state index is -0.0701. The number of benzene rings is 2. The summed E-state index contributed by atoms with van der Waals surface area (Å²) in [5.74, 6) is 1.36. The summed E-state index contributed by atoms with van der Waals surface area (Å²) < 4.78 is 5.61. The molecule has 0 spiro atoms. The molecule has 3 N–H and O–H groups in total. The van der Waals surface area contributed by atoms with Gasteiger partial charge in [0.15, 0.2) is 12.6 Å². The van der Waals surface area contributed by atoms with Crippen LogP contribution in [0, 0.1) is 0 Å². The molecule has 0 atom stereocenters. The van der Waals surface area contributed by atoms with Gasteiger partial charge < -0.3 is 20.7 Å². The lowest BCUT2D eigenvalue weighted by Crippen LogP contribution is -2.38. The van der Waals surface area contributed by atoms with Crippen LogP contribution in [-0.2, 0) is 17.8 Å². The Hall–Kier alpha value is -2.73. The predicted molar refractivity (Wildman–Crippen MR) is 121 cm³/mol. The zero-order valence-electron chi connectivity index (χ0n) is 17.3. The largest absolute Gasteiger partial charge is 0.484 e. The Morgan fingerprint density at radius 1 is 1.13 bits per heavy atom. The summed E-state index contributed by atoms with van der Waals surface area (Å²) in [5, 5.41) is 10.3. The van der Waals surface area contributed by atoms with Gasteiger partial charge in [-0.3, -0.25) is 4.79 Å². The summed E-state index contributed by atoms with van der Waals surface area (Å²) in [6.45, 7) is 4.12. The lowest BCUT2D eigenvalue weighted by molar-refractivity contribution is -0.123. The molecule has 1 saturated carbocycles. The molecule has 0 saturated heterocycles. The molecule has 160 valence electrons. The highest BCUT2D eigenvalue weighted by molar-refractivity contribution is 6.30. The number of guanidine groups is 1. The van der Waals surface area contributed by atoms with Crippen molar-refractivity contribution in [1.82, 2.24) is 16.0 Å². The molecule has 2 aromatic carbocycles. The van der Waals surface area contributed by atoms with Crippen molar-refractivity contribution in [3.8, 4) is 5.75 Å².